The zero-order valence-electron chi connectivity index (χ0n) is 11.1. The van der Waals surface area contributed by atoms with Crippen LogP contribution in [0.1, 0.15) is 33.6 Å². The smallest absolute Gasteiger partial charge is 0.0693 e. The molecule has 16 heavy (non-hydrogen) atoms. The van der Waals surface area contributed by atoms with Crippen LogP contribution in [-0.4, -0.2) is 48.8 Å². The Balaban J connectivity index is 2.16. The van der Waals surface area contributed by atoms with Crippen molar-refractivity contribution in [2.75, 3.05) is 32.7 Å². The van der Waals surface area contributed by atoms with Gasteiger partial charge in [-0.25, -0.2) is 0 Å². The first-order valence-corrected chi connectivity index (χ1v) is 6.74. The van der Waals surface area contributed by atoms with Gasteiger partial charge in [-0.3, -0.25) is 0 Å². The lowest BCUT2D eigenvalue weighted by atomic mass is 9.95. The first-order valence-electron chi connectivity index (χ1n) is 6.74. The summed E-state index contributed by atoms with van der Waals surface area (Å²) >= 11 is 0. The number of β-amino-alcohol motifs (C(OH)–C–C–N with tert-alkyl or cyclic N) is 1. The summed E-state index contributed by atoms with van der Waals surface area (Å²) in [5.41, 5.74) is 0. The number of likely N-dealkylation sites (tertiary alicyclic amines) is 1. The van der Waals surface area contributed by atoms with Gasteiger partial charge in [0.05, 0.1) is 6.10 Å². The molecule has 0 aromatic heterocycles. The van der Waals surface area contributed by atoms with Gasteiger partial charge in [0.25, 0.3) is 0 Å². The van der Waals surface area contributed by atoms with E-state index in [1.807, 2.05) is 0 Å². The molecule has 96 valence electrons. The maximum absolute atomic E-state index is 9.82. The average Bonchev–Trinajstić information content (AvgIpc) is 2.24. The van der Waals surface area contributed by atoms with Crippen LogP contribution in [0.25, 0.3) is 0 Å². The highest BCUT2D eigenvalue weighted by Gasteiger charge is 2.24. The molecule has 1 aliphatic heterocycles. The lowest BCUT2D eigenvalue weighted by Gasteiger charge is -2.35. The third kappa shape index (κ3) is 4.81. The zero-order chi connectivity index (χ0) is 12.0. The molecule has 0 radical (unpaired) electrons. The number of rotatable bonds is 6. The number of aliphatic hydroxyl groups is 1. The molecule has 0 saturated carbocycles. The second kappa shape index (κ2) is 7.25. The maximum atomic E-state index is 9.82. The van der Waals surface area contributed by atoms with Crippen molar-refractivity contribution < 1.29 is 5.11 Å². The highest BCUT2D eigenvalue weighted by molar-refractivity contribution is 4.78. The van der Waals surface area contributed by atoms with Crippen LogP contribution in [0, 0.1) is 11.8 Å². The number of hydrogen-bond donors (Lipinski definition) is 2. The van der Waals surface area contributed by atoms with Gasteiger partial charge in [-0.15, -0.1) is 0 Å². The normalized spacial score (nSPS) is 29.2. The molecule has 0 amide bonds. The third-order valence-electron chi connectivity index (χ3n) is 3.49. The number of aliphatic hydroxyl groups excluding tert-OH is 1. The Hall–Kier alpha value is -0.120. The van der Waals surface area contributed by atoms with Crippen molar-refractivity contribution in [2.24, 2.45) is 11.8 Å². The van der Waals surface area contributed by atoms with Gasteiger partial charge in [-0.2, -0.15) is 0 Å². The summed E-state index contributed by atoms with van der Waals surface area (Å²) in [6.07, 6.45) is 2.22. The Kier molecular flexibility index (Phi) is 6.32. The monoisotopic (exact) mass is 228 g/mol. The molecule has 3 atom stereocenters. The molecule has 0 aromatic carbocycles. The minimum atomic E-state index is -0.121. The fourth-order valence-electron chi connectivity index (χ4n) is 2.31. The molecule has 0 aliphatic carbocycles. The van der Waals surface area contributed by atoms with E-state index in [4.69, 9.17) is 0 Å². The van der Waals surface area contributed by atoms with Crippen LogP contribution < -0.4 is 5.32 Å². The number of hydrogen-bond acceptors (Lipinski definition) is 3. The Bertz CT molecular complexity index is 187. The summed E-state index contributed by atoms with van der Waals surface area (Å²) in [4.78, 5) is 2.41. The number of nitrogens with one attached hydrogen (secondary N) is 1. The van der Waals surface area contributed by atoms with E-state index < -0.39 is 0 Å². The lowest BCUT2D eigenvalue weighted by Crippen LogP contribution is -2.45. The maximum Gasteiger partial charge on any atom is 0.0693 e. The Morgan fingerprint density at radius 1 is 1.50 bits per heavy atom. The van der Waals surface area contributed by atoms with Crippen LogP contribution in [0.15, 0.2) is 0 Å². The minimum absolute atomic E-state index is 0.121. The molecule has 1 saturated heterocycles. The quantitative estimate of drug-likeness (QED) is 0.673. The fourth-order valence-corrected chi connectivity index (χ4v) is 2.31. The molecule has 0 spiro atoms. The molecular weight excluding hydrogens is 200 g/mol. The Labute approximate surface area is 100 Å². The third-order valence-corrected chi connectivity index (χ3v) is 3.49. The van der Waals surface area contributed by atoms with Gasteiger partial charge >= 0.3 is 0 Å². The van der Waals surface area contributed by atoms with Crippen LogP contribution in [0.3, 0.4) is 0 Å². The Morgan fingerprint density at radius 3 is 2.88 bits per heavy atom. The largest absolute Gasteiger partial charge is 0.392 e. The minimum Gasteiger partial charge on any atom is -0.392 e. The molecule has 1 heterocycles. The van der Waals surface area contributed by atoms with Gasteiger partial charge in [0.15, 0.2) is 0 Å². The van der Waals surface area contributed by atoms with Gasteiger partial charge in [-0.1, -0.05) is 20.8 Å². The lowest BCUT2D eigenvalue weighted by molar-refractivity contribution is 0.0239. The molecule has 1 fully saturated rings. The summed E-state index contributed by atoms with van der Waals surface area (Å²) in [5, 5.41) is 13.3. The summed E-state index contributed by atoms with van der Waals surface area (Å²) in [5.74, 6) is 1.15. The molecule has 1 rings (SSSR count). The first kappa shape index (κ1) is 13.9. The molecular formula is C13H28N2O. The van der Waals surface area contributed by atoms with Crippen molar-refractivity contribution in [3.63, 3.8) is 0 Å². The fraction of sp³-hybridized carbons (Fsp3) is 1.00. The van der Waals surface area contributed by atoms with Crippen LogP contribution >= 0.6 is 0 Å². The average molecular weight is 228 g/mol. The van der Waals surface area contributed by atoms with Gasteiger partial charge in [0, 0.05) is 13.1 Å². The van der Waals surface area contributed by atoms with Crippen LogP contribution in [0.5, 0.6) is 0 Å². The molecule has 3 nitrogen and oxygen atoms in total. The highest BCUT2D eigenvalue weighted by atomic mass is 16.3. The van der Waals surface area contributed by atoms with Crippen LogP contribution in [0.2, 0.25) is 0 Å². The van der Waals surface area contributed by atoms with Gasteiger partial charge in [0.1, 0.15) is 0 Å². The van der Waals surface area contributed by atoms with E-state index in [1.165, 1.54) is 6.42 Å². The second-order valence-electron chi connectivity index (χ2n) is 5.40. The number of piperidine rings is 1. The van der Waals surface area contributed by atoms with E-state index in [9.17, 15) is 5.11 Å². The van der Waals surface area contributed by atoms with E-state index >= 15 is 0 Å². The van der Waals surface area contributed by atoms with Gasteiger partial charge in [-0.05, 0) is 44.3 Å². The SMILES string of the molecule is CCCNCC(C)CN1CCC(C)C(O)C1. The van der Waals surface area contributed by atoms with Gasteiger partial charge < -0.3 is 15.3 Å². The predicted molar refractivity (Wildman–Crippen MR) is 68.6 cm³/mol. The van der Waals surface area contributed by atoms with Crippen LogP contribution in [0.4, 0.5) is 0 Å². The standard InChI is InChI=1S/C13H28N2O/c1-4-6-14-8-11(2)9-15-7-5-12(3)13(16)10-15/h11-14,16H,4-10H2,1-3H3. The topological polar surface area (TPSA) is 35.5 Å². The summed E-state index contributed by atoms with van der Waals surface area (Å²) < 4.78 is 0. The van der Waals surface area contributed by atoms with E-state index in [0.29, 0.717) is 11.8 Å². The number of nitrogens with zero attached hydrogens (tertiary/aromatic N) is 1. The second-order valence-corrected chi connectivity index (χ2v) is 5.40. The van der Waals surface area contributed by atoms with Gasteiger partial charge in [0.2, 0.25) is 0 Å². The van der Waals surface area contributed by atoms with Crippen molar-refractivity contribution in [3.8, 4) is 0 Å². The molecule has 0 aromatic rings. The molecule has 3 unspecified atom stereocenters. The summed E-state index contributed by atoms with van der Waals surface area (Å²) in [6, 6.07) is 0. The van der Waals surface area contributed by atoms with Crippen LogP contribution in [-0.2, 0) is 0 Å². The summed E-state index contributed by atoms with van der Waals surface area (Å²) in [7, 11) is 0. The van der Waals surface area contributed by atoms with Crippen molar-refractivity contribution >= 4 is 0 Å². The first-order chi connectivity index (χ1) is 7.63. The van der Waals surface area contributed by atoms with E-state index in [2.05, 4.69) is 31.0 Å². The molecule has 0 bridgehead atoms. The molecule has 2 N–H and O–H groups in total. The van der Waals surface area contributed by atoms with Crippen molar-refractivity contribution in [3.05, 3.63) is 0 Å². The molecule has 1 aliphatic rings. The summed E-state index contributed by atoms with van der Waals surface area (Å²) in [6.45, 7) is 12.0. The van der Waals surface area contributed by atoms with Crippen molar-refractivity contribution in [1.29, 1.82) is 0 Å². The predicted octanol–water partition coefficient (Wildman–Crippen LogP) is 1.32. The van der Waals surface area contributed by atoms with E-state index in [-0.39, 0.29) is 6.10 Å². The van der Waals surface area contributed by atoms with E-state index in [1.54, 1.807) is 0 Å². The Morgan fingerprint density at radius 2 is 2.25 bits per heavy atom. The molecule has 3 heteroatoms. The zero-order valence-corrected chi connectivity index (χ0v) is 11.1. The van der Waals surface area contributed by atoms with Crippen molar-refractivity contribution in [2.45, 2.75) is 39.7 Å². The highest BCUT2D eigenvalue weighted by Crippen LogP contribution is 2.17. The van der Waals surface area contributed by atoms with E-state index in [0.717, 1.165) is 39.1 Å². The van der Waals surface area contributed by atoms with Crippen molar-refractivity contribution in [1.82, 2.24) is 10.2 Å².